The van der Waals surface area contributed by atoms with Crippen LogP contribution < -0.4 is 4.74 Å². The molecule has 15 heavy (non-hydrogen) atoms. The molecule has 6 heteroatoms. The Kier molecular flexibility index (Phi) is 2.29. The smallest absolute Gasteiger partial charge is 0.259 e. The molecule has 2 rings (SSSR count). The molecule has 0 saturated carbocycles. The lowest BCUT2D eigenvalue weighted by atomic mass is 10.3. The topological polar surface area (TPSA) is 74.2 Å². The summed E-state index contributed by atoms with van der Waals surface area (Å²) in [6.45, 7) is 0. The lowest BCUT2D eigenvalue weighted by Gasteiger charge is -2.05. The first-order chi connectivity index (χ1) is 7.07. The van der Waals surface area contributed by atoms with Crippen molar-refractivity contribution in [2.75, 3.05) is 0 Å². The summed E-state index contributed by atoms with van der Waals surface area (Å²) in [6.07, 6.45) is 3.05. The maximum atomic E-state index is 10.8. The zero-order chi connectivity index (χ0) is 10.9. The number of rotatable bonds is 2. The van der Waals surface area contributed by atoms with E-state index in [9.17, 15) is 13.0 Å². The zero-order valence-electron chi connectivity index (χ0n) is 7.53. The Hall–Kier alpha value is -1.66. The fraction of sp³-hybridized carbons (Fsp3) is 0. The van der Waals surface area contributed by atoms with Crippen LogP contribution in [0.4, 0.5) is 0 Å². The van der Waals surface area contributed by atoms with Crippen molar-refractivity contribution in [1.82, 2.24) is 0 Å². The van der Waals surface area contributed by atoms with Gasteiger partial charge in [-0.1, -0.05) is 6.07 Å². The van der Waals surface area contributed by atoms with E-state index in [4.69, 9.17) is 4.52 Å². The predicted octanol–water partition coefficient (Wildman–Crippen LogP) is 0.460. The summed E-state index contributed by atoms with van der Waals surface area (Å²) in [7, 11) is -4.42. The third kappa shape index (κ3) is 2.05. The van der Waals surface area contributed by atoms with Crippen LogP contribution in [-0.4, -0.2) is 13.0 Å². The minimum atomic E-state index is -4.42. The van der Waals surface area contributed by atoms with Crippen molar-refractivity contribution in [2.45, 2.75) is 4.90 Å². The van der Waals surface area contributed by atoms with E-state index in [0.717, 1.165) is 0 Å². The van der Waals surface area contributed by atoms with E-state index in [0.29, 0.717) is 5.69 Å². The van der Waals surface area contributed by atoms with Gasteiger partial charge in [0.15, 0.2) is 6.26 Å². The van der Waals surface area contributed by atoms with E-state index >= 15 is 0 Å². The highest BCUT2D eigenvalue weighted by molar-refractivity contribution is 7.85. The van der Waals surface area contributed by atoms with Crippen LogP contribution >= 0.6 is 0 Å². The Balaban J connectivity index is 2.53. The summed E-state index contributed by atoms with van der Waals surface area (Å²) in [6, 6.07) is 7.27. The molecule has 0 bridgehead atoms. The summed E-state index contributed by atoms with van der Waals surface area (Å²) in [5.74, 6) is 0. The number of hydrogen-bond donors (Lipinski definition) is 0. The minimum absolute atomic E-state index is 0.274. The van der Waals surface area contributed by atoms with Gasteiger partial charge in [0, 0.05) is 22.9 Å². The number of hydrogen-bond acceptors (Lipinski definition) is 4. The Morgan fingerprint density at radius 2 is 2.07 bits per heavy atom. The minimum Gasteiger partial charge on any atom is -0.744 e. The molecule has 0 saturated heterocycles. The number of benzene rings is 1. The molecule has 0 aliphatic carbocycles. The molecule has 0 spiro atoms. The largest absolute Gasteiger partial charge is 0.744 e. The van der Waals surface area contributed by atoms with Crippen molar-refractivity contribution in [3.05, 3.63) is 42.8 Å². The molecule has 1 aromatic carbocycles. The van der Waals surface area contributed by atoms with Gasteiger partial charge in [0.1, 0.15) is 10.1 Å². The van der Waals surface area contributed by atoms with Crippen molar-refractivity contribution >= 4 is 10.1 Å². The Bertz CT molecular complexity index is 560. The second-order valence-electron chi connectivity index (χ2n) is 2.86. The van der Waals surface area contributed by atoms with Crippen LogP contribution in [0.2, 0.25) is 0 Å². The summed E-state index contributed by atoms with van der Waals surface area (Å²) in [5.41, 5.74) is 0.483. The molecule has 0 unspecified atom stereocenters. The van der Waals surface area contributed by atoms with Crippen LogP contribution in [-0.2, 0) is 10.1 Å². The van der Waals surface area contributed by atoms with Crippen LogP contribution in [0.3, 0.4) is 0 Å². The van der Waals surface area contributed by atoms with Crippen molar-refractivity contribution in [3.63, 3.8) is 0 Å². The highest BCUT2D eigenvalue weighted by atomic mass is 32.2. The van der Waals surface area contributed by atoms with Crippen LogP contribution in [0.5, 0.6) is 0 Å². The van der Waals surface area contributed by atoms with Gasteiger partial charge in [-0.3, -0.25) is 0 Å². The molecule has 0 atom stereocenters. The molecule has 0 amide bonds. The van der Waals surface area contributed by atoms with Crippen molar-refractivity contribution in [1.29, 1.82) is 0 Å². The van der Waals surface area contributed by atoms with Gasteiger partial charge in [-0.2, -0.15) is 0 Å². The number of aromatic nitrogens is 1. The third-order valence-electron chi connectivity index (χ3n) is 1.84. The normalized spacial score (nSPS) is 11.5. The molecule has 0 N–H and O–H groups in total. The molecule has 0 fully saturated rings. The van der Waals surface area contributed by atoms with Gasteiger partial charge < -0.3 is 4.55 Å². The van der Waals surface area contributed by atoms with E-state index in [1.807, 2.05) is 0 Å². The summed E-state index contributed by atoms with van der Waals surface area (Å²) in [5, 5.41) is 0. The van der Waals surface area contributed by atoms with Crippen LogP contribution in [0, 0.1) is 0 Å². The molecule has 2 aromatic rings. The molecule has 0 aliphatic heterocycles. The first-order valence-corrected chi connectivity index (χ1v) is 5.50. The van der Waals surface area contributed by atoms with Gasteiger partial charge in [0.05, 0.1) is 4.90 Å². The van der Waals surface area contributed by atoms with E-state index in [1.165, 1.54) is 29.2 Å². The standard InChI is InChI=1S/C9H7NO4S/c11-15(12,13)9-4-1-3-8(7-9)10-5-2-6-14-10/h1-7H. The Morgan fingerprint density at radius 3 is 2.67 bits per heavy atom. The average molecular weight is 225 g/mol. The van der Waals surface area contributed by atoms with Gasteiger partial charge in [0.2, 0.25) is 6.20 Å². The van der Waals surface area contributed by atoms with Crippen molar-refractivity contribution in [3.8, 4) is 5.69 Å². The maximum absolute atomic E-state index is 10.8. The number of nitrogens with zero attached hydrogens (tertiary/aromatic N) is 1. The Labute approximate surface area is 86.3 Å². The van der Waals surface area contributed by atoms with E-state index in [2.05, 4.69) is 0 Å². The summed E-state index contributed by atoms with van der Waals surface area (Å²) >= 11 is 0. The molecule has 0 aliphatic rings. The highest BCUT2D eigenvalue weighted by Gasteiger charge is 2.11. The fourth-order valence-electron chi connectivity index (χ4n) is 1.17. The first-order valence-electron chi connectivity index (χ1n) is 4.09. The zero-order valence-corrected chi connectivity index (χ0v) is 8.35. The van der Waals surface area contributed by atoms with Gasteiger partial charge in [-0.05, 0) is 6.07 Å². The highest BCUT2D eigenvalue weighted by Crippen LogP contribution is 2.10. The maximum Gasteiger partial charge on any atom is 0.259 e. The molecule has 1 heterocycles. The lowest BCUT2D eigenvalue weighted by molar-refractivity contribution is -0.784. The van der Waals surface area contributed by atoms with Crippen molar-refractivity contribution < 1.29 is 22.2 Å². The first kappa shape index (κ1) is 9.88. The molecule has 0 radical (unpaired) electrons. The van der Waals surface area contributed by atoms with Crippen LogP contribution in [0.1, 0.15) is 0 Å². The molecule has 1 aromatic heterocycles. The summed E-state index contributed by atoms with van der Waals surface area (Å²) < 4.78 is 38.6. The van der Waals surface area contributed by atoms with Gasteiger partial charge in [-0.25, -0.2) is 12.9 Å². The van der Waals surface area contributed by atoms with E-state index in [-0.39, 0.29) is 4.90 Å². The van der Waals surface area contributed by atoms with Gasteiger partial charge in [-0.15, -0.1) is 0 Å². The molecule has 5 nitrogen and oxygen atoms in total. The second-order valence-corrected chi connectivity index (χ2v) is 4.24. The van der Waals surface area contributed by atoms with E-state index < -0.39 is 10.1 Å². The Morgan fingerprint density at radius 1 is 1.27 bits per heavy atom. The quantitative estimate of drug-likeness (QED) is 0.549. The van der Waals surface area contributed by atoms with Crippen LogP contribution in [0.25, 0.3) is 5.69 Å². The molecular formula is C9H7NO4S. The average Bonchev–Trinajstić information content (AvgIpc) is 2.69. The van der Waals surface area contributed by atoms with Crippen LogP contribution in [0.15, 0.2) is 52.2 Å². The fourth-order valence-corrected chi connectivity index (χ4v) is 1.68. The van der Waals surface area contributed by atoms with E-state index in [1.54, 1.807) is 18.3 Å². The van der Waals surface area contributed by atoms with Crippen molar-refractivity contribution in [2.24, 2.45) is 0 Å². The third-order valence-corrected chi connectivity index (χ3v) is 2.67. The molecule has 78 valence electrons. The monoisotopic (exact) mass is 225 g/mol. The second kappa shape index (κ2) is 3.48. The summed E-state index contributed by atoms with van der Waals surface area (Å²) in [4.78, 5) is -0.274. The van der Waals surface area contributed by atoms with Gasteiger partial charge in [0.25, 0.3) is 5.69 Å². The SMILES string of the molecule is O=S(=O)([O-])c1cccc(-[n+]2ccco2)c1. The predicted molar refractivity (Wildman–Crippen MR) is 48.2 cm³/mol. The lowest BCUT2D eigenvalue weighted by Crippen LogP contribution is -2.26. The van der Waals surface area contributed by atoms with Gasteiger partial charge >= 0.3 is 0 Å². The molecular weight excluding hydrogens is 218 g/mol.